The summed E-state index contributed by atoms with van der Waals surface area (Å²) >= 11 is 0. The summed E-state index contributed by atoms with van der Waals surface area (Å²) in [6.07, 6.45) is 9.33. The lowest BCUT2D eigenvalue weighted by atomic mass is 9.85. The van der Waals surface area contributed by atoms with Gasteiger partial charge in [-0.05, 0) is 43.2 Å². The predicted octanol–water partition coefficient (Wildman–Crippen LogP) is 2.42. The minimum Gasteiger partial charge on any atom is -0.325 e. The van der Waals surface area contributed by atoms with Crippen LogP contribution >= 0.6 is 0 Å². The number of nitrogens with one attached hydrogen (secondary N) is 1. The minimum absolute atomic E-state index is 0.143. The summed E-state index contributed by atoms with van der Waals surface area (Å²) in [7, 11) is 0. The second-order valence-electron chi connectivity index (χ2n) is 9.29. The number of nitrogens with zero attached hydrogens (tertiary/aromatic N) is 4. The molecule has 1 saturated carbocycles. The zero-order chi connectivity index (χ0) is 21.8. The molecule has 2 aliphatic carbocycles. The first kappa shape index (κ1) is 19.4. The van der Waals surface area contributed by atoms with Crippen molar-refractivity contribution in [3.8, 4) is 11.4 Å². The number of rotatable bonds is 4. The fraction of sp³-hybridized carbons (Fsp3) is 0.458. The number of allylic oxidation sites excluding steroid dienone is 2. The number of hydrogen-bond donors (Lipinski definition) is 1. The SMILES string of the molecule is O=C(CN1C(=O)C2C3C=CC(C3)C2C1=O)Nc1cccc(-c2nnc3n2CCCCC3)c1. The largest absolute Gasteiger partial charge is 0.325 e. The van der Waals surface area contributed by atoms with E-state index in [1.807, 2.05) is 18.2 Å². The van der Waals surface area contributed by atoms with E-state index in [2.05, 4.69) is 32.2 Å². The Morgan fingerprint density at radius 3 is 2.59 bits per heavy atom. The molecule has 2 bridgehead atoms. The van der Waals surface area contributed by atoms with E-state index < -0.39 is 0 Å². The average molecular weight is 431 g/mol. The first-order chi connectivity index (χ1) is 15.6. The number of hydrogen-bond acceptors (Lipinski definition) is 5. The number of anilines is 1. The molecule has 8 nitrogen and oxygen atoms in total. The summed E-state index contributed by atoms with van der Waals surface area (Å²) in [5.41, 5.74) is 1.49. The standard InChI is InChI=1S/C24H25N5O3/c30-19(13-29-23(31)20-14-8-9-15(11-14)21(20)24(29)32)25-17-6-4-5-16(12-17)22-27-26-18-7-2-1-3-10-28(18)22/h4-6,8-9,12,14-15,20-21H,1-3,7,10-11,13H2,(H,25,30). The quantitative estimate of drug-likeness (QED) is 0.592. The van der Waals surface area contributed by atoms with Gasteiger partial charge in [0, 0.05) is 24.2 Å². The predicted molar refractivity (Wildman–Crippen MR) is 116 cm³/mol. The van der Waals surface area contributed by atoms with Crippen molar-refractivity contribution in [2.45, 2.75) is 38.6 Å². The Kier molecular flexibility index (Phi) is 4.48. The zero-order valence-corrected chi connectivity index (χ0v) is 17.7. The van der Waals surface area contributed by atoms with Crippen molar-refractivity contribution in [2.75, 3.05) is 11.9 Å². The van der Waals surface area contributed by atoms with E-state index in [1.165, 1.54) is 6.42 Å². The summed E-state index contributed by atoms with van der Waals surface area (Å²) in [5.74, 6) is 0.760. The van der Waals surface area contributed by atoms with Gasteiger partial charge < -0.3 is 9.88 Å². The maximum atomic E-state index is 12.8. The highest BCUT2D eigenvalue weighted by Crippen LogP contribution is 2.52. The van der Waals surface area contributed by atoms with Gasteiger partial charge in [0.15, 0.2) is 5.82 Å². The van der Waals surface area contributed by atoms with Crippen molar-refractivity contribution < 1.29 is 14.4 Å². The fourth-order valence-electron chi connectivity index (χ4n) is 5.90. The lowest BCUT2D eigenvalue weighted by Gasteiger charge is -2.17. The molecule has 2 fully saturated rings. The van der Waals surface area contributed by atoms with Crippen LogP contribution in [0, 0.1) is 23.7 Å². The Labute approximate surface area is 185 Å². The van der Waals surface area contributed by atoms with Crippen LogP contribution in [0.2, 0.25) is 0 Å². The Morgan fingerprint density at radius 1 is 1.03 bits per heavy atom. The molecule has 4 aliphatic rings. The van der Waals surface area contributed by atoms with Crippen molar-refractivity contribution in [2.24, 2.45) is 23.7 Å². The van der Waals surface area contributed by atoms with Gasteiger partial charge >= 0.3 is 0 Å². The molecule has 2 aliphatic heterocycles. The number of carbonyl (C=O) groups is 3. The molecule has 0 spiro atoms. The molecule has 32 heavy (non-hydrogen) atoms. The third-order valence-corrected chi connectivity index (χ3v) is 7.38. The van der Waals surface area contributed by atoms with Gasteiger partial charge in [0.25, 0.3) is 0 Å². The molecule has 3 heterocycles. The first-order valence-corrected chi connectivity index (χ1v) is 11.5. The summed E-state index contributed by atoms with van der Waals surface area (Å²) in [6.45, 7) is 0.654. The molecule has 1 N–H and O–H groups in total. The van der Waals surface area contributed by atoms with E-state index >= 15 is 0 Å². The normalized spacial score (nSPS) is 28.1. The van der Waals surface area contributed by atoms with Crippen LogP contribution < -0.4 is 5.32 Å². The average Bonchev–Trinajstić information content (AvgIpc) is 3.52. The molecule has 164 valence electrons. The van der Waals surface area contributed by atoms with Crippen molar-refractivity contribution in [1.29, 1.82) is 0 Å². The minimum atomic E-state index is -0.371. The van der Waals surface area contributed by atoms with Gasteiger partial charge in [-0.15, -0.1) is 10.2 Å². The second-order valence-corrected chi connectivity index (χ2v) is 9.29. The first-order valence-electron chi connectivity index (χ1n) is 11.5. The lowest BCUT2D eigenvalue weighted by molar-refractivity contribution is -0.143. The van der Waals surface area contributed by atoms with Crippen LogP contribution in [0.15, 0.2) is 36.4 Å². The van der Waals surface area contributed by atoms with Crippen molar-refractivity contribution >= 4 is 23.4 Å². The molecule has 8 heteroatoms. The van der Waals surface area contributed by atoms with Crippen molar-refractivity contribution in [1.82, 2.24) is 19.7 Å². The van der Waals surface area contributed by atoms with E-state index in [-0.39, 0.29) is 47.9 Å². The summed E-state index contributed by atoms with van der Waals surface area (Å²) in [4.78, 5) is 39.5. The molecule has 4 unspecified atom stereocenters. The molecule has 6 rings (SSSR count). The van der Waals surface area contributed by atoms with E-state index in [4.69, 9.17) is 0 Å². The number of aromatic nitrogens is 3. The Hall–Kier alpha value is -3.29. The third kappa shape index (κ3) is 3.00. The summed E-state index contributed by atoms with van der Waals surface area (Å²) in [5, 5.41) is 11.6. The lowest BCUT2D eigenvalue weighted by Crippen LogP contribution is -2.39. The Balaban J connectivity index is 1.17. The maximum Gasteiger partial charge on any atom is 0.244 e. The van der Waals surface area contributed by atoms with E-state index in [9.17, 15) is 14.4 Å². The molecule has 0 radical (unpaired) electrons. The number of benzene rings is 1. The monoisotopic (exact) mass is 431 g/mol. The van der Waals surface area contributed by atoms with Crippen molar-refractivity contribution in [3.63, 3.8) is 0 Å². The zero-order valence-electron chi connectivity index (χ0n) is 17.7. The van der Waals surface area contributed by atoms with Gasteiger partial charge in [-0.1, -0.05) is 30.7 Å². The smallest absolute Gasteiger partial charge is 0.244 e. The van der Waals surface area contributed by atoms with E-state index in [0.29, 0.717) is 5.69 Å². The number of fused-ring (bicyclic) bond motifs is 6. The molecule has 3 amide bonds. The summed E-state index contributed by atoms with van der Waals surface area (Å²) < 4.78 is 2.16. The molecule has 4 atom stereocenters. The fourth-order valence-corrected chi connectivity index (χ4v) is 5.90. The number of amides is 3. The number of carbonyl (C=O) groups excluding carboxylic acids is 3. The Morgan fingerprint density at radius 2 is 1.81 bits per heavy atom. The third-order valence-electron chi connectivity index (χ3n) is 7.38. The molecular formula is C24H25N5O3. The molecule has 1 aromatic carbocycles. The van der Waals surface area contributed by atoms with E-state index in [1.54, 1.807) is 6.07 Å². The van der Waals surface area contributed by atoms with Gasteiger partial charge in [-0.25, -0.2) is 0 Å². The van der Waals surface area contributed by atoms with Crippen LogP contribution in [0.5, 0.6) is 0 Å². The highest BCUT2D eigenvalue weighted by Gasteiger charge is 2.59. The van der Waals surface area contributed by atoms with Crippen LogP contribution in [-0.4, -0.2) is 43.9 Å². The highest BCUT2D eigenvalue weighted by atomic mass is 16.2. The number of imide groups is 1. The van der Waals surface area contributed by atoms with E-state index in [0.717, 1.165) is 54.3 Å². The highest BCUT2D eigenvalue weighted by molar-refractivity contribution is 6.09. The topological polar surface area (TPSA) is 97.2 Å². The van der Waals surface area contributed by atoms with Gasteiger partial charge in [0.1, 0.15) is 12.4 Å². The summed E-state index contributed by atoms with van der Waals surface area (Å²) in [6, 6.07) is 7.48. The molecule has 2 aromatic rings. The van der Waals surface area contributed by atoms with Gasteiger partial charge in [-0.2, -0.15) is 0 Å². The van der Waals surface area contributed by atoms with Crippen molar-refractivity contribution in [3.05, 3.63) is 42.2 Å². The van der Waals surface area contributed by atoms with Gasteiger partial charge in [-0.3, -0.25) is 19.3 Å². The molecule has 1 aromatic heterocycles. The maximum absolute atomic E-state index is 12.8. The van der Waals surface area contributed by atoms with Crippen LogP contribution in [0.25, 0.3) is 11.4 Å². The van der Waals surface area contributed by atoms with Crippen LogP contribution in [0.1, 0.15) is 31.5 Å². The molecule has 1 saturated heterocycles. The Bertz CT molecular complexity index is 1120. The van der Waals surface area contributed by atoms with Crippen LogP contribution in [0.4, 0.5) is 5.69 Å². The molecular weight excluding hydrogens is 406 g/mol. The van der Waals surface area contributed by atoms with Gasteiger partial charge in [0.05, 0.1) is 11.8 Å². The van der Waals surface area contributed by atoms with Crippen LogP contribution in [-0.2, 0) is 27.3 Å². The van der Waals surface area contributed by atoms with Crippen LogP contribution in [0.3, 0.4) is 0 Å². The number of likely N-dealkylation sites (tertiary alicyclic amines) is 1. The second kappa shape index (κ2) is 7.39. The number of aryl methyl sites for hydroxylation is 1. The van der Waals surface area contributed by atoms with Gasteiger partial charge in [0.2, 0.25) is 17.7 Å².